The lowest BCUT2D eigenvalue weighted by Gasteiger charge is -2.01. The Morgan fingerprint density at radius 3 is 2.71 bits per heavy atom. The summed E-state index contributed by atoms with van der Waals surface area (Å²) >= 11 is 1.67. The average molecular weight is 224 g/mol. The second-order valence-corrected chi connectivity index (χ2v) is 3.82. The molecule has 14 heavy (non-hydrogen) atoms. The molecule has 80 valence electrons. The van der Waals surface area contributed by atoms with Crippen molar-refractivity contribution in [1.82, 2.24) is 9.78 Å². The molecular weight excluding hydrogens is 213 g/mol. The highest BCUT2D eigenvalue weighted by Crippen LogP contribution is 2.28. The minimum atomic E-state index is -4.28. The molecule has 6 heteroatoms. The van der Waals surface area contributed by atoms with Crippen LogP contribution in [0.15, 0.2) is 12.4 Å². The zero-order valence-electron chi connectivity index (χ0n) is 7.71. The largest absolute Gasteiger partial charge is 0.419 e. The molecule has 1 aromatic rings. The van der Waals surface area contributed by atoms with E-state index in [0.29, 0.717) is 6.54 Å². The molecule has 0 atom stereocenters. The van der Waals surface area contributed by atoms with E-state index in [0.717, 1.165) is 24.6 Å². The SMILES string of the molecule is CSCCCn1cc(C(F)(F)F)cn1. The summed E-state index contributed by atoms with van der Waals surface area (Å²) in [6.45, 7) is 0.539. The van der Waals surface area contributed by atoms with Gasteiger partial charge in [-0.2, -0.15) is 30.0 Å². The van der Waals surface area contributed by atoms with Crippen molar-refractivity contribution in [3.05, 3.63) is 18.0 Å². The van der Waals surface area contributed by atoms with Crippen LogP contribution >= 0.6 is 11.8 Å². The van der Waals surface area contributed by atoms with Crippen molar-refractivity contribution in [3.63, 3.8) is 0 Å². The van der Waals surface area contributed by atoms with Crippen LogP contribution in [0.25, 0.3) is 0 Å². The molecule has 0 saturated heterocycles. The third-order valence-electron chi connectivity index (χ3n) is 1.70. The minimum Gasteiger partial charge on any atom is -0.272 e. The molecule has 0 aromatic carbocycles. The maximum absolute atomic E-state index is 12.1. The van der Waals surface area contributed by atoms with Crippen molar-refractivity contribution in [3.8, 4) is 0 Å². The first-order valence-corrected chi connectivity index (χ1v) is 5.52. The summed E-state index contributed by atoms with van der Waals surface area (Å²) in [5, 5.41) is 3.64. The molecule has 1 rings (SSSR count). The van der Waals surface area contributed by atoms with Crippen molar-refractivity contribution in [2.75, 3.05) is 12.0 Å². The Labute approximate surface area is 84.5 Å². The quantitative estimate of drug-likeness (QED) is 0.732. The molecule has 0 bridgehead atoms. The van der Waals surface area contributed by atoms with Crippen LogP contribution in [0.3, 0.4) is 0 Å². The predicted molar refractivity (Wildman–Crippen MR) is 50.2 cm³/mol. The molecule has 1 aromatic heterocycles. The van der Waals surface area contributed by atoms with Crippen LogP contribution in [0.1, 0.15) is 12.0 Å². The van der Waals surface area contributed by atoms with Gasteiger partial charge in [-0.15, -0.1) is 0 Å². The number of alkyl halides is 3. The molecule has 0 aliphatic heterocycles. The summed E-state index contributed by atoms with van der Waals surface area (Å²) in [7, 11) is 0. The molecule has 0 amide bonds. The number of aryl methyl sites for hydroxylation is 1. The molecule has 0 N–H and O–H groups in total. The lowest BCUT2D eigenvalue weighted by atomic mass is 10.3. The fourth-order valence-electron chi connectivity index (χ4n) is 1.00. The predicted octanol–water partition coefficient (Wildman–Crippen LogP) is 2.66. The van der Waals surface area contributed by atoms with E-state index in [1.54, 1.807) is 11.8 Å². The molecule has 0 unspecified atom stereocenters. The highest BCUT2D eigenvalue weighted by Gasteiger charge is 2.31. The number of nitrogens with zero attached hydrogens (tertiary/aromatic N) is 2. The van der Waals surface area contributed by atoms with Crippen LogP contribution in [-0.4, -0.2) is 21.8 Å². The van der Waals surface area contributed by atoms with Gasteiger partial charge in [-0.1, -0.05) is 0 Å². The lowest BCUT2D eigenvalue weighted by molar-refractivity contribution is -0.137. The van der Waals surface area contributed by atoms with E-state index < -0.39 is 11.7 Å². The van der Waals surface area contributed by atoms with Gasteiger partial charge in [0.1, 0.15) is 0 Å². The number of hydrogen-bond donors (Lipinski definition) is 0. The maximum Gasteiger partial charge on any atom is 0.419 e. The van der Waals surface area contributed by atoms with Gasteiger partial charge in [0.15, 0.2) is 0 Å². The Bertz CT molecular complexity index is 282. The van der Waals surface area contributed by atoms with Crippen molar-refractivity contribution in [1.29, 1.82) is 0 Å². The Morgan fingerprint density at radius 1 is 1.50 bits per heavy atom. The van der Waals surface area contributed by atoms with E-state index in [1.807, 2.05) is 6.26 Å². The molecule has 0 spiro atoms. The van der Waals surface area contributed by atoms with E-state index in [9.17, 15) is 13.2 Å². The summed E-state index contributed by atoms with van der Waals surface area (Å²) in [4.78, 5) is 0. The Hall–Kier alpha value is -0.650. The first-order valence-electron chi connectivity index (χ1n) is 4.12. The Kier molecular flexibility index (Phi) is 3.86. The van der Waals surface area contributed by atoms with Gasteiger partial charge in [-0.05, 0) is 18.4 Å². The summed E-state index contributed by atoms with van der Waals surface area (Å²) < 4.78 is 37.7. The minimum absolute atomic E-state index is 0.539. The summed E-state index contributed by atoms with van der Waals surface area (Å²) in [5.41, 5.74) is -0.679. The highest BCUT2D eigenvalue weighted by atomic mass is 32.2. The van der Waals surface area contributed by atoms with Crippen molar-refractivity contribution in [2.45, 2.75) is 19.1 Å². The van der Waals surface area contributed by atoms with Gasteiger partial charge < -0.3 is 0 Å². The van der Waals surface area contributed by atoms with Gasteiger partial charge in [-0.25, -0.2) is 0 Å². The third kappa shape index (κ3) is 3.25. The van der Waals surface area contributed by atoms with E-state index in [1.165, 1.54) is 4.68 Å². The van der Waals surface area contributed by atoms with Gasteiger partial charge in [-0.3, -0.25) is 4.68 Å². The second-order valence-electron chi connectivity index (χ2n) is 2.84. The first-order chi connectivity index (χ1) is 6.54. The smallest absolute Gasteiger partial charge is 0.272 e. The number of hydrogen-bond acceptors (Lipinski definition) is 2. The molecule has 0 aliphatic carbocycles. The standard InChI is InChI=1S/C8H11F3N2S/c1-14-4-2-3-13-6-7(5-12-13)8(9,10)11/h5-6H,2-4H2,1H3. The topological polar surface area (TPSA) is 17.8 Å². The molecule has 1 heterocycles. The van der Waals surface area contributed by atoms with Crippen LogP contribution in [0.2, 0.25) is 0 Å². The van der Waals surface area contributed by atoms with Crippen LogP contribution in [0.4, 0.5) is 13.2 Å². The van der Waals surface area contributed by atoms with E-state index >= 15 is 0 Å². The molecule has 0 aliphatic rings. The van der Waals surface area contributed by atoms with Gasteiger partial charge >= 0.3 is 6.18 Å². The lowest BCUT2D eigenvalue weighted by Crippen LogP contribution is -2.03. The molecule has 0 fully saturated rings. The normalized spacial score (nSPS) is 12.0. The number of rotatable bonds is 4. The average Bonchev–Trinajstić information content (AvgIpc) is 2.52. The third-order valence-corrected chi connectivity index (χ3v) is 2.39. The zero-order chi connectivity index (χ0) is 10.6. The monoisotopic (exact) mass is 224 g/mol. The molecule has 2 nitrogen and oxygen atoms in total. The van der Waals surface area contributed by atoms with Gasteiger partial charge in [0.05, 0.1) is 11.8 Å². The number of halogens is 3. The van der Waals surface area contributed by atoms with E-state index in [4.69, 9.17) is 0 Å². The Balaban J connectivity index is 2.51. The van der Waals surface area contributed by atoms with Crippen LogP contribution in [-0.2, 0) is 12.7 Å². The summed E-state index contributed by atoms with van der Waals surface area (Å²) in [5.74, 6) is 0.932. The number of thioether (sulfide) groups is 1. The van der Waals surface area contributed by atoms with Crippen molar-refractivity contribution in [2.24, 2.45) is 0 Å². The summed E-state index contributed by atoms with van der Waals surface area (Å²) in [6, 6.07) is 0. The fraction of sp³-hybridized carbons (Fsp3) is 0.625. The molecular formula is C8H11F3N2S. The second kappa shape index (κ2) is 4.72. The van der Waals surface area contributed by atoms with Crippen molar-refractivity contribution < 1.29 is 13.2 Å². The van der Waals surface area contributed by atoms with E-state index in [-0.39, 0.29) is 0 Å². The molecule has 0 saturated carbocycles. The van der Waals surface area contributed by atoms with Crippen LogP contribution < -0.4 is 0 Å². The maximum atomic E-state index is 12.1. The highest BCUT2D eigenvalue weighted by molar-refractivity contribution is 7.98. The van der Waals surface area contributed by atoms with Gasteiger partial charge in [0.2, 0.25) is 0 Å². The Morgan fingerprint density at radius 2 is 2.21 bits per heavy atom. The van der Waals surface area contributed by atoms with Gasteiger partial charge in [0, 0.05) is 12.7 Å². The van der Waals surface area contributed by atoms with Crippen LogP contribution in [0, 0.1) is 0 Å². The summed E-state index contributed by atoms with van der Waals surface area (Å²) in [6.07, 6.45) is 0.418. The molecule has 0 radical (unpaired) electrons. The first kappa shape index (κ1) is 11.4. The zero-order valence-corrected chi connectivity index (χ0v) is 8.53. The van der Waals surface area contributed by atoms with E-state index in [2.05, 4.69) is 5.10 Å². The fourth-order valence-corrected chi connectivity index (χ4v) is 1.42. The number of aromatic nitrogens is 2. The van der Waals surface area contributed by atoms with Crippen molar-refractivity contribution >= 4 is 11.8 Å². The van der Waals surface area contributed by atoms with Gasteiger partial charge in [0.25, 0.3) is 0 Å². The van der Waals surface area contributed by atoms with Crippen LogP contribution in [0.5, 0.6) is 0 Å².